The molecule has 5 heteroatoms. The first-order chi connectivity index (χ1) is 19.2. The second-order valence-corrected chi connectivity index (χ2v) is 11.4. The van der Waals surface area contributed by atoms with Crippen molar-refractivity contribution in [3.8, 4) is 0 Å². The summed E-state index contributed by atoms with van der Waals surface area (Å²) in [6, 6.07) is 22.4. The van der Waals surface area contributed by atoms with Crippen LogP contribution in [0.25, 0.3) is 11.0 Å². The molecule has 202 valence electrons. The Balaban J connectivity index is 1.04. The first-order valence-electron chi connectivity index (χ1n) is 14.7. The van der Waals surface area contributed by atoms with Gasteiger partial charge < -0.3 is 9.88 Å². The van der Waals surface area contributed by atoms with Crippen molar-refractivity contribution in [2.75, 3.05) is 31.5 Å². The van der Waals surface area contributed by atoms with Gasteiger partial charge in [-0.1, -0.05) is 49.4 Å². The quantitative estimate of drug-likeness (QED) is 0.258. The average Bonchev–Trinajstić information content (AvgIpc) is 3.37. The van der Waals surface area contributed by atoms with Crippen LogP contribution in [0.5, 0.6) is 0 Å². The highest BCUT2D eigenvalue weighted by molar-refractivity contribution is 5.77. The Labute approximate surface area is 233 Å². The van der Waals surface area contributed by atoms with E-state index in [4.69, 9.17) is 4.98 Å². The third kappa shape index (κ3) is 6.43. The molecule has 39 heavy (non-hydrogen) atoms. The number of hydrogen-bond donors (Lipinski definition) is 1. The summed E-state index contributed by atoms with van der Waals surface area (Å²) in [4.78, 5) is 10.2. The van der Waals surface area contributed by atoms with Crippen molar-refractivity contribution in [2.24, 2.45) is 0 Å². The zero-order chi connectivity index (χ0) is 26.4. The summed E-state index contributed by atoms with van der Waals surface area (Å²) in [5.74, 6) is 0.594. The van der Waals surface area contributed by atoms with Gasteiger partial charge in [-0.15, -0.1) is 0 Å². The highest BCUT2D eigenvalue weighted by Gasteiger charge is 2.22. The number of fused-ring (bicyclic) bond motifs is 1. The van der Waals surface area contributed by atoms with E-state index in [-0.39, 0.29) is 0 Å². The van der Waals surface area contributed by atoms with E-state index in [1.54, 1.807) is 6.20 Å². The number of nitrogens with one attached hydrogen (secondary N) is 1. The van der Waals surface area contributed by atoms with Gasteiger partial charge in [0.05, 0.1) is 0 Å². The Morgan fingerprint density at radius 1 is 0.795 bits per heavy atom. The van der Waals surface area contributed by atoms with Crippen LogP contribution in [0, 0.1) is 0 Å². The molecule has 2 fully saturated rings. The normalized spacial score (nSPS) is 17.4. The van der Waals surface area contributed by atoms with Crippen molar-refractivity contribution in [2.45, 2.75) is 57.7 Å². The van der Waals surface area contributed by atoms with E-state index < -0.39 is 0 Å². The van der Waals surface area contributed by atoms with Crippen molar-refractivity contribution in [1.29, 1.82) is 0 Å². The summed E-state index contributed by atoms with van der Waals surface area (Å²) in [5.41, 5.74) is 7.70. The Kier molecular flexibility index (Phi) is 8.08. The van der Waals surface area contributed by atoms with Crippen molar-refractivity contribution in [3.05, 3.63) is 108 Å². The number of likely N-dealkylation sites (tertiary alicyclic amines) is 2. The van der Waals surface area contributed by atoms with Crippen LogP contribution in [0.2, 0.25) is 0 Å². The molecular weight excluding hydrogens is 478 g/mol. The molecule has 0 amide bonds. The van der Waals surface area contributed by atoms with Crippen LogP contribution in [0.1, 0.15) is 60.3 Å². The minimum atomic E-state index is 0.594. The second-order valence-electron chi connectivity index (χ2n) is 11.4. The number of benzene rings is 2. The van der Waals surface area contributed by atoms with Gasteiger partial charge in [0.2, 0.25) is 0 Å². The number of piperidine rings is 2. The molecule has 2 aromatic carbocycles. The lowest BCUT2D eigenvalue weighted by Gasteiger charge is -2.32. The monoisotopic (exact) mass is 519 g/mol. The third-order valence-corrected chi connectivity index (χ3v) is 8.51. The molecule has 2 aliphatic heterocycles. The molecule has 2 saturated heterocycles. The molecule has 0 atom stereocenters. The maximum atomic E-state index is 4.92. The van der Waals surface area contributed by atoms with Crippen LogP contribution in [-0.4, -0.2) is 45.5 Å². The summed E-state index contributed by atoms with van der Waals surface area (Å²) in [6.45, 7) is 11.5. The van der Waals surface area contributed by atoms with E-state index in [0.29, 0.717) is 5.92 Å². The van der Waals surface area contributed by atoms with Crippen LogP contribution < -0.4 is 5.32 Å². The largest absolute Gasteiger partial charge is 0.362 e. The fraction of sp³-hybridized carbons (Fsp3) is 0.382. The van der Waals surface area contributed by atoms with E-state index in [1.807, 2.05) is 0 Å². The Bertz CT molecular complexity index is 1370. The fourth-order valence-electron chi connectivity index (χ4n) is 6.35. The lowest BCUT2D eigenvalue weighted by Crippen LogP contribution is -2.32. The SMILES string of the molecule is C=CNc1ccc(Cn2ccc3cc(C4CCN(Cc5cccc(CN6CCCCC6)c5)CC4)cnc32)cc1. The van der Waals surface area contributed by atoms with Gasteiger partial charge in [-0.2, -0.15) is 0 Å². The lowest BCUT2D eigenvalue weighted by atomic mass is 9.90. The standard InChI is InChI=1S/C34H41N5/c1-2-35-33-11-9-27(10-12-33)26-39-20-15-31-22-32(23-36-34(31)39)30-13-18-38(19-14-30)25-29-8-6-7-28(21-29)24-37-16-4-3-5-17-37/h2,6-12,15,20-23,30,35H,1,3-5,13-14,16-19,24-26H2. The maximum Gasteiger partial charge on any atom is 0.140 e. The van der Waals surface area contributed by atoms with E-state index in [9.17, 15) is 0 Å². The predicted molar refractivity (Wildman–Crippen MR) is 162 cm³/mol. The highest BCUT2D eigenvalue weighted by Crippen LogP contribution is 2.30. The van der Waals surface area contributed by atoms with E-state index in [1.165, 1.54) is 72.8 Å². The molecule has 6 rings (SSSR count). The van der Waals surface area contributed by atoms with Gasteiger partial charge in [0.25, 0.3) is 0 Å². The van der Waals surface area contributed by atoms with Gasteiger partial charge in [0, 0.05) is 43.1 Å². The Morgan fingerprint density at radius 2 is 1.51 bits per heavy atom. The lowest BCUT2D eigenvalue weighted by molar-refractivity contribution is 0.204. The van der Waals surface area contributed by atoms with Crippen molar-refractivity contribution < 1.29 is 0 Å². The van der Waals surface area contributed by atoms with Crippen LogP contribution >= 0.6 is 0 Å². The molecule has 0 bridgehead atoms. The summed E-state index contributed by atoms with van der Waals surface area (Å²) in [7, 11) is 0. The Morgan fingerprint density at radius 3 is 2.23 bits per heavy atom. The molecule has 4 heterocycles. The number of rotatable bonds is 9. The van der Waals surface area contributed by atoms with Crippen molar-refractivity contribution >= 4 is 16.7 Å². The Hall–Kier alpha value is -3.41. The molecule has 0 radical (unpaired) electrons. The highest BCUT2D eigenvalue weighted by atomic mass is 15.1. The topological polar surface area (TPSA) is 36.3 Å². The van der Waals surface area contributed by atoms with Crippen LogP contribution in [0.4, 0.5) is 5.69 Å². The molecule has 2 aromatic heterocycles. The molecule has 0 spiro atoms. The number of aromatic nitrogens is 2. The predicted octanol–water partition coefficient (Wildman–Crippen LogP) is 7.01. The van der Waals surface area contributed by atoms with Gasteiger partial charge in [-0.05, 0) is 110 Å². The molecule has 1 N–H and O–H groups in total. The van der Waals surface area contributed by atoms with Crippen molar-refractivity contribution in [1.82, 2.24) is 19.4 Å². The molecule has 5 nitrogen and oxygen atoms in total. The molecular formula is C34H41N5. The number of hydrogen-bond acceptors (Lipinski definition) is 4. The first-order valence-corrected chi connectivity index (χ1v) is 14.7. The van der Waals surface area contributed by atoms with Crippen LogP contribution in [-0.2, 0) is 19.6 Å². The molecule has 2 aliphatic rings. The summed E-state index contributed by atoms with van der Waals surface area (Å²) < 4.78 is 2.25. The maximum absolute atomic E-state index is 4.92. The van der Waals surface area contributed by atoms with Crippen molar-refractivity contribution in [3.63, 3.8) is 0 Å². The summed E-state index contributed by atoms with van der Waals surface area (Å²) in [5, 5.41) is 4.37. The minimum Gasteiger partial charge on any atom is -0.362 e. The van der Waals surface area contributed by atoms with Crippen LogP contribution in [0.3, 0.4) is 0 Å². The molecule has 0 saturated carbocycles. The fourth-order valence-corrected chi connectivity index (χ4v) is 6.35. The average molecular weight is 520 g/mol. The van der Waals surface area contributed by atoms with Gasteiger partial charge in [-0.25, -0.2) is 4.98 Å². The number of pyridine rings is 1. The van der Waals surface area contributed by atoms with Gasteiger partial charge in [0.15, 0.2) is 0 Å². The van der Waals surface area contributed by atoms with Gasteiger partial charge in [0.1, 0.15) is 5.65 Å². The number of anilines is 1. The summed E-state index contributed by atoms with van der Waals surface area (Å²) in [6.07, 6.45) is 12.5. The third-order valence-electron chi connectivity index (χ3n) is 8.51. The zero-order valence-corrected chi connectivity index (χ0v) is 23.1. The molecule has 0 unspecified atom stereocenters. The molecule has 0 aliphatic carbocycles. The second kappa shape index (κ2) is 12.2. The van der Waals surface area contributed by atoms with E-state index in [2.05, 4.69) is 99.3 Å². The van der Waals surface area contributed by atoms with Gasteiger partial charge in [-0.3, -0.25) is 9.80 Å². The smallest absolute Gasteiger partial charge is 0.140 e. The van der Waals surface area contributed by atoms with E-state index in [0.717, 1.165) is 44.1 Å². The first kappa shape index (κ1) is 25.8. The molecule has 4 aromatic rings. The van der Waals surface area contributed by atoms with Crippen LogP contribution in [0.15, 0.2) is 85.8 Å². The van der Waals surface area contributed by atoms with E-state index >= 15 is 0 Å². The summed E-state index contributed by atoms with van der Waals surface area (Å²) >= 11 is 0. The van der Waals surface area contributed by atoms with Gasteiger partial charge >= 0.3 is 0 Å². The zero-order valence-electron chi connectivity index (χ0n) is 23.1. The minimum absolute atomic E-state index is 0.594. The number of nitrogens with zero attached hydrogens (tertiary/aromatic N) is 4.